The Morgan fingerprint density at radius 2 is 1.52 bits per heavy atom. The fourth-order valence-corrected chi connectivity index (χ4v) is 2.65. The molecule has 0 heterocycles. The first-order valence-electron chi connectivity index (χ1n) is 8.26. The summed E-state index contributed by atoms with van der Waals surface area (Å²) in [5.74, 6) is -0.137. The molecule has 0 saturated heterocycles. The average Bonchev–Trinajstić information content (AvgIpc) is 2.41. The standard InChI is InChI=1S/C15H31NO5S.Na/c1-3-4-5-6-7-8-9-10-11-12-15(17)16-13-14(2)21-22(18,19)20;/h14H,3-13H2,1-2H3,(H,16,17)(H,18,19,20);/q;+1/p-1. The fraction of sp³-hybridized carbons (Fsp3) is 0.933. The number of hydrogen-bond acceptors (Lipinski definition) is 5. The minimum absolute atomic E-state index is 0. The summed E-state index contributed by atoms with van der Waals surface area (Å²) < 4.78 is 35.2. The Kier molecular flexibility index (Phi) is 17.6. The number of rotatable bonds is 14. The zero-order valence-corrected chi connectivity index (χ0v) is 17.6. The summed E-state index contributed by atoms with van der Waals surface area (Å²) in [6.45, 7) is 3.66. The predicted octanol–water partition coefficient (Wildman–Crippen LogP) is -0.107. The molecule has 0 rings (SSSR count). The van der Waals surface area contributed by atoms with Crippen LogP contribution in [0.1, 0.15) is 78.1 Å². The molecular weight excluding hydrogens is 329 g/mol. The van der Waals surface area contributed by atoms with Gasteiger partial charge in [0.1, 0.15) is 0 Å². The molecule has 8 heteroatoms. The Morgan fingerprint density at radius 1 is 1.04 bits per heavy atom. The van der Waals surface area contributed by atoms with E-state index in [1.807, 2.05) is 0 Å². The topological polar surface area (TPSA) is 95.5 Å². The number of nitrogens with one attached hydrogen (secondary N) is 1. The predicted molar refractivity (Wildman–Crippen MR) is 85.1 cm³/mol. The largest absolute Gasteiger partial charge is 1.00 e. The van der Waals surface area contributed by atoms with Gasteiger partial charge < -0.3 is 9.87 Å². The van der Waals surface area contributed by atoms with E-state index in [2.05, 4.69) is 16.4 Å². The van der Waals surface area contributed by atoms with Crippen LogP contribution in [0.25, 0.3) is 0 Å². The molecule has 0 aliphatic heterocycles. The summed E-state index contributed by atoms with van der Waals surface area (Å²) in [5.41, 5.74) is 0. The second kappa shape index (κ2) is 15.8. The van der Waals surface area contributed by atoms with E-state index in [4.69, 9.17) is 0 Å². The van der Waals surface area contributed by atoms with Crippen LogP contribution in [0.5, 0.6) is 0 Å². The summed E-state index contributed by atoms with van der Waals surface area (Å²) >= 11 is 0. The fourth-order valence-electron chi connectivity index (χ4n) is 2.18. The summed E-state index contributed by atoms with van der Waals surface area (Å²) in [4.78, 5) is 11.5. The molecule has 0 fully saturated rings. The number of unbranched alkanes of at least 4 members (excludes halogenated alkanes) is 8. The molecule has 0 aromatic carbocycles. The van der Waals surface area contributed by atoms with Crippen molar-refractivity contribution in [3.63, 3.8) is 0 Å². The van der Waals surface area contributed by atoms with Crippen molar-refractivity contribution < 1.29 is 51.5 Å². The average molecular weight is 359 g/mol. The van der Waals surface area contributed by atoms with E-state index < -0.39 is 16.5 Å². The van der Waals surface area contributed by atoms with Gasteiger partial charge in [-0.25, -0.2) is 8.42 Å². The molecule has 0 aliphatic rings. The third-order valence-corrected chi connectivity index (χ3v) is 3.94. The van der Waals surface area contributed by atoms with Crippen molar-refractivity contribution in [1.29, 1.82) is 0 Å². The van der Waals surface area contributed by atoms with Crippen molar-refractivity contribution in [2.45, 2.75) is 84.2 Å². The van der Waals surface area contributed by atoms with Crippen molar-refractivity contribution in [3.05, 3.63) is 0 Å². The third-order valence-electron chi connectivity index (χ3n) is 3.38. The third kappa shape index (κ3) is 20.3. The second-order valence-electron chi connectivity index (χ2n) is 5.70. The van der Waals surface area contributed by atoms with E-state index in [9.17, 15) is 17.8 Å². The number of amides is 1. The van der Waals surface area contributed by atoms with Gasteiger partial charge in [0.2, 0.25) is 16.3 Å². The van der Waals surface area contributed by atoms with E-state index in [1.54, 1.807) is 0 Å². The Bertz CT molecular complexity index is 389. The molecule has 23 heavy (non-hydrogen) atoms. The van der Waals surface area contributed by atoms with Crippen LogP contribution >= 0.6 is 0 Å². The van der Waals surface area contributed by atoms with Crippen molar-refractivity contribution in [2.75, 3.05) is 6.54 Å². The van der Waals surface area contributed by atoms with Crippen molar-refractivity contribution in [2.24, 2.45) is 0 Å². The van der Waals surface area contributed by atoms with Crippen LogP contribution in [0.4, 0.5) is 0 Å². The first-order chi connectivity index (χ1) is 10.3. The normalized spacial score (nSPS) is 12.5. The summed E-state index contributed by atoms with van der Waals surface area (Å²) in [5, 5.41) is 2.56. The molecule has 6 nitrogen and oxygen atoms in total. The molecule has 0 saturated carbocycles. The van der Waals surface area contributed by atoms with Gasteiger partial charge in [0.15, 0.2) is 0 Å². The Hall–Kier alpha value is 0.340. The summed E-state index contributed by atoms with van der Waals surface area (Å²) in [6.07, 6.45) is 10.3. The maximum absolute atomic E-state index is 11.5. The first-order valence-corrected chi connectivity index (χ1v) is 9.59. The van der Waals surface area contributed by atoms with Gasteiger partial charge in [-0.3, -0.25) is 8.98 Å². The van der Waals surface area contributed by atoms with Gasteiger partial charge in [-0.05, 0) is 13.3 Å². The molecule has 1 atom stereocenters. The molecule has 132 valence electrons. The molecule has 0 aromatic heterocycles. The maximum atomic E-state index is 11.5. The van der Waals surface area contributed by atoms with Crippen LogP contribution in [0, 0.1) is 0 Å². The molecule has 0 bridgehead atoms. The van der Waals surface area contributed by atoms with Crippen LogP contribution in [0.3, 0.4) is 0 Å². The van der Waals surface area contributed by atoms with Gasteiger partial charge in [0.05, 0.1) is 6.10 Å². The zero-order chi connectivity index (χ0) is 16.8. The summed E-state index contributed by atoms with van der Waals surface area (Å²) in [7, 11) is -4.71. The van der Waals surface area contributed by atoms with Crippen LogP contribution in [-0.4, -0.2) is 31.5 Å². The van der Waals surface area contributed by atoms with Gasteiger partial charge in [0, 0.05) is 13.0 Å². The maximum Gasteiger partial charge on any atom is 1.00 e. The van der Waals surface area contributed by atoms with Crippen LogP contribution in [-0.2, 0) is 19.4 Å². The smallest absolute Gasteiger partial charge is 0.726 e. The van der Waals surface area contributed by atoms with Crippen LogP contribution in [0.2, 0.25) is 0 Å². The van der Waals surface area contributed by atoms with E-state index in [1.165, 1.54) is 45.4 Å². The molecule has 1 unspecified atom stereocenters. The Morgan fingerprint density at radius 3 is 2.00 bits per heavy atom. The van der Waals surface area contributed by atoms with E-state index in [0.29, 0.717) is 6.42 Å². The second-order valence-corrected chi connectivity index (χ2v) is 6.71. The molecule has 0 spiro atoms. The molecular formula is C15H30NNaO5S. The number of carbonyl (C=O) groups excluding carboxylic acids is 1. The van der Waals surface area contributed by atoms with Gasteiger partial charge in [-0.1, -0.05) is 58.3 Å². The van der Waals surface area contributed by atoms with Crippen molar-refractivity contribution in [3.8, 4) is 0 Å². The Labute approximate surface area is 163 Å². The number of hydrogen-bond donors (Lipinski definition) is 1. The molecule has 1 N–H and O–H groups in total. The van der Waals surface area contributed by atoms with Crippen molar-refractivity contribution >= 4 is 16.3 Å². The van der Waals surface area contributed by atoms with E-state index in [-0.39, 0.29) is 42.0 Å². The molecule has 0 aromatic rings. The quantitative estimate of drug-likeness (QED) is 0.202. The van der Waals surface area contributed by atoms with Gasteiger partial charge in [-0.15, -0.1) is 0 Å². The molecule has 1 amide bonds. The molecule has 0 aliphatic carbocycles. The van der Waals surface area contributed by atoms with Crippen LogP contribution < -0.4 is 34.9 Å². The van der Waals surface area contributed by atoms with Gasteiger partial charge in [-0.2, -0.15) is 0 Å². The number of carbonyl (C=O) groups is 1. The van der Waals surface area contributed by atoms with Crippen LogP contribution in [0.15, 0.2) is 0 Å². The monoisotopic (exact) mass is 359 g/mol. The Balaban J connectivity index is 0. The van der Waals surface area contributed by atoms with E-state index >= 15 is 0 Å². The van der Waals surface area contributed by atoms with Crippen molar-refractivity contribution in [1.82, 2.24) is 5.32 Å². The minimum atomic E-state index is -4.71. The zero-order valence-electron chi connectivity index (χ0n) is 14.8. The van der Waals surface area contributed by atoms with Gasteiger partial charge >= 0.3 is 29.6 Å². The van der Waals surface area contributed by atoms with E-state index in [0.717, 1.165) is 19.3 Å². The molecule has 0 radical (unpaired) electrons. The first kappa shape index (κ1) is 25.6. The minimum Gasteiger partial charge on any atom is -0.726 e. The summed E-state index contributed by atoms with van der Waals surface area (Å²) in [6, 6.07) is 0. The van der Waals surface area contributed by atoms with Gasteiger partial charge in [0.25, 0.3) is 0 Å². The SMILES string of the molecule is CCCCCCCCCCCC(=O)NCC(C)OS(=O)(=O)[O-].[Na+].